The largest absolute Gasteiger partial charge is 0.338 e. The number of nitrogens with zero attached hydrogens (tertiary/aromatic N) is 1. The van der Waals surface area contributed by atoms with Crippen LogP contribution >= 0.6 is 11.3 Å². The zero-order chi connectivity index (χ0) is 17.2. The van der Waals surface area contributed by atoms with Gasteiger partial charge >= 0.3 is 0 Å². The van der Waals surface area contributed by atoms with Crippen LogP contribution in [-0.4, -0.2) is 45.9 Å². The minimum absolute atomic E-state index is 0.0758. The van der Waals surface area contributed by atoms with Crippen molar-refractivity contribution in [2.24, 2.45) is 5.92 Å². The van der Waals surface area contributed by atoms with Gasteiger partial charge in [0.1, 0.15) is 4.21 Å². The maximum Gasteiger partial charge on any atom is 0.263 e. The number of hydrogen-bond acceptors (Lipinski definition) is 5. The van der Waals surface area contributed by atoms with Gasteiger partial charge in [-0.25, -0.2) is 8.42 Å². The van der Waals surface area contributed by atoms with E-state index in [2.05, 4.69) is 5.32 Å². The molecule has 1 N–H and O–H groups in total. The molecule has 0 saturated carbocycles. The number of sulfone groups is 1. The second-order valence-corrected chi connectivity index (χ2v) is 9.16. The summed E-state index contributed by atoms with van der Waals surface area (Å²) in [7, 11) is -1.65. The van der Waals surface area contributed by atoms with Gasteiger partial charge in [0.2, 0.25) is 9.84 Å². The minimum atomic E-state index is -3.56. The standard InChI is InChI=1S/C17H20N2O3S2/c1-18-11-13-9-10-19(12-13)17(20)15-7-8-16(23-15)24(21,22)14-5-3-2-4-6-14/h2-8,13,18H,9-12H2,1H3. The molecule has 0 aliphatic carbocycles. The molecule has 7 heteroatoms. The van der Waals surface area contributed by atoms with E-state index in [-0.39, 0.29) is 15.0 Å². The second kappa shape index (κ2) is 7.04. The fourth-order valence-corrected chi connectivity index (χ4v) is 5.62. The highest BCUT2D eigenvalue weighted by atomic mass is 32.2. The molecule has 1 unspecified atom stereocenters. The lowest BCUT2D eigenvalue weighted by Gasteiger charge is -2.15. The number of benzene rings is 1. The predicted octanol–water partition coefficient (Wildman–Crippen LogP) is 2.26. The summed E-state index contributed by atoms with van der Waals surface area (Å²) in [5, 5.41) is 3.14. The molecule has 2 aromatic rings. The summed E-state index contributed by atoms with van der Waals surface area (Å²) in [5.41, 5.74) is 0. The third-order valence-corrected chi connectivity index (χ3v) is 7.51. The van der Waals surface area contributed by atoms with Gasteiger partial charge in [0.25, 0.3) is 5.91 Å². The highest BCUT2D eigenvalue weighted by Crippen LogP contribution is 2.29. The van der Waals surface area contributed by atoms with Crippen LogP contribution in [0.15, 0.2) is 51.6 Å². The van der Waals surface area contributed by atoms with E-state index < -0.39 is 9.84 Å². The second-order valence-electron chi connectivity index (χ2n) is 5.90. The summed E-state index contributed by atoms with van der Waals surface area (Å²) >= 11 is 1.05. The van der Waals surface area contributed by atoms with Gasteiger partial charge in [0, 0.05) is 13.1 Å². The van der Waals surface area contributed by atoms with Crippen LogP contribution in [-0.2, 0) is 9.84 Å². The molecule has 1 aliphatic heterocycles. The SMILES string of the molecule is CNCC1CCN(C(=O)c2ccc(S(=O)(=O)c3ccccc3)s2)C1. The molecule has 1 aromatic heterocycles. The molecule has 0 spiro atoms. The quantitative estimate of drug-likeness (QED) is 0.884. The lowest BCUT2D eigenvalue weighted by molar-refractivity contribution is 0.0792. The Labute approximate surface area is 146 Å². The number of hydrogen-bond donors (Lipinski definition) is 1. The molecular formula is C17H20N2O3S2. The van der Waals surface area contributed by atoms with Gasteiger partial charge in [-0.05, 0) is 50.2 Å². The Kier molecular flexibility index (Phi) is 5.03. The number of carbonyl (C=O) groups is 1. The van der Waals surface area contributed by atoms with Crippen molar-refractivity contribution < 1.29 is 13.2 Å². The van der Waals surface area contributed by atoms with E-state index >= 15 is 0 Å². The topological polar surface area (TPSA) is 66.5 Å². The molecule has 5 nitrogen and oxygen atoms in total. The molecule has 1 aromatic carbocycles. The van der Waals surface area contributed by atoms with Crippen molar-refractivity contribution in [1.82, 2.24) is 10.2 Å². The summed E-state index contributed by atoms with van der Waals surface area (Å²) < 4.78 is 25.4. The summed E-state index contributed by atoms with van der Waals surface area (Å²) in [6, 6.07) is 11.4. The van der Waals surface area contributed by atoms with Gasteiger partial charge < -0.3 is 10.2 Å². The van der Waals surface area contributed by atoms with Crippen LogP contribution in [0.5, 0.6) is 0 Å². The fourth-order valence-electron chi connectivity index (χ4n) is 2.92. The summed E-state index contributed by atoms with van der Waals surface area (Å²) in [5.74, 6) is 0.388. The van der Waals surface area contributed by atoms with Crippen LogP contribution in [0.2, 0.25) is 0 Å². The van der Waals surface area contributed by atoms with Crippen molar-refractivity contribution >= 4 is 27.1 Å². The fraction of sp³-hybridized carbons (Fsp3) is 0.353. The molecule has 1 amide bonds. The number of carbonyl (C=O) groups excluding carboxylic acids is 1. The normalized spacial score (nSPS) is 18.0. The van der Waals surface area contributed by atoms with Crippen LogP contribution < -0.4 is 5.32 Å². The molecule has 1 saturated heterocycles. The molecular weight excluding hydrogens is 344 g/mol. The Bertz CT molecular complexity index is 815. The maximum absolute atomic E-state index is 12.6. The number of thiophene rings is 1. The first-order valence-corrected chi connectivity index (χ1v) is 10.2. The Morgan fingerprint density at radius 3 is 2.71 bits per heavy atom. The first kappa shape index (κ1) is 17.1. The van der Waals surface area contributed by atoms with Crippen molar-refractivity contribution in [3.8, 4) is 0 Å². The third kappa shape index (κ3) is 3.38. The van der Waals surface area contributed by atoms with E-state index in [9.17, 15) is 13.2 Å². The number of nitrogens with one attached hydrogen (secondary N) is 1. The van der Waals surface area contributed by atoms with Gasteiger partial charge in [-0.2, -0.15) is 0 Å². The van der Waals surface area contributed by atoms with Crippen molar-refractivity contribution in [2.75, 3.05) is 26.7 Å². The first-order valence-electron chi connectivity index (χ1n) is 7.86. The van der Waals surface area contributed by atoms with E-state index in [1.807, 2.05) is 11.9 Å². The van der Waals surface area contributed by atoms with Crippen molar-refractivity contribution in [3.63, 3.8) is 0 Å². The lowest BCUT2D eigenvalue weighted by Crippen LogP contribution is -2.29. The molecule has 1 aliphatic rings. The molecule has 2 heterocycles. The molecule has 1 atom stereocenters. The monoisotopic (exact) mass is 364 g/mol. The molecule has 3 rings (SSSR count). The smallest absolute Gasteiger partial charge is 0.263 e. The highest BCUT2D eigenvalue weighted by Gasteiger charge is 2.28. The van der Waals surface area contributed by atoms with E-state index in [1.165, 1.54) is 6.07 Å². The van der Waals surface area contributed by atoms with Crippen molar-refractivity contribution in [2.45, 2.75) is 15.5 Å². The van der Waals surface area contributed by atoms with E-state index in [0.717, 1.165) is 37.4 Å². The Morgan fingerprint density at radius 2 is 2.00 bits per heavy atom. The highest BCUT2D eigenvalue weighted by molar-refractivity contribution is 7.93. The molecule has 24 heavy (non-hydrogen) atoms. The van der Waals surface area contributed by atoms with E-state index in [4.69, 9.17) is 0 Å². The number of amides is 1. The van der Waals surface area contributed by atoms with Crippen LogP contribution in [0.4, 0.5) is 0 Å². The van der Waals surface area contributed by atoms with Crippen molar-refractivity contribution in [1.29, 1.82) is 0 Å². The molecule has 0 radical (unpaired) electrons. The van der Waals surface area contributed by atoms with Gasteiger partial charge in [-0.1, -0.05) is 18.2 Å². The van der Waals surface area contributed by atoms with Gasteiger partial charge in [0.05, 0.1) is 9.77 Å². The molecule has 0 bridgehead atoms. The minimum Gasteiger partial charge on any atom is -0.338 e. The average Bonchev–Trinajstić information content (AvgIpc) is 3.25. The van der Waals surface area contributed by atoms with Crippen LogP contribution in [0.1, 0.15) is 16.1 Å². The zero-order valence-electron chi connectivity index (χ0n) is 13.4. The van der Waals surface area contributed by atoms with Crippen molar-refractivity contribution in [3.05, 3.63) is 47.3 Å². The number of likely N-dealkylation sites (tertiary alicyclic amines) is 1. The predicted molar refractivity (Wildman–Crippen MR) is 94.2 cm³/mol. The van der Waals surface area contributed by atoms with Crippen LogP contribution in [0.3, 0.4) is 0 Å². The number of rotatable bonds is 5. The Hall–Kier alpha value is -1.70. The summed E-state index contributed by atoms with van der Waals surface area (Å²) in [6.45, 7) is 2.34. The van der Waals surface area contributed by atoms with E-state index in [1.54, 1.807) is 36.4 Å². The van der Waals surface area contributed by atoms with Gasteiger partial charge in [-0.15, -0.1) is 11.3 Å². The lowest BCUT2D eigenvalue weighted by atomic mass is 10.1. The van der Waals surface area contributed by atoms with E-state index in [0.29, 0.717) is 10.8 Å². The Balaban J connectivity index is 1.78. The Morgan fingerprint density at radius 1 is 1.25 bits per heavy atom. The van der Waals surface area contributed by atoms with Gasteiger partial charge in [0.15, 0.2) is 0 Å². The molecule has 128 valence electrons. The third-order valence-electron chi connectivity index (χ3n) is 4.18. The zero-order valence-corrected chi connectivity index (χ0v) is 15.1. The summed E-state index contributed by atoms with van der Waals surface area (Å²) in [4.78, 5) is 15.1. The summed E-state index contributed by atoms with van der Waals surface area (Å²) in [6.07, 6.45) is 0.979. The first-order chi connectivity index (χ1) is 11.5. The maximum atomic E-state index is 12.6. The van der Waals surface area contributed by atoms with Crippen LogP contribution in [0.25, 0.3) is 0 Å². The van der Waals surface area contributed by atoms with Crippen LogP contribution in [0, 0.1) is 5.92 Å². The molecule has 1 fully saturated rings. The average molecular weight is 364 g/mol. The van der Waals surface area contributed by atoms with Gasteiger partial charge in [-0.3, -0.25) is 4.79 Å².